The lowest BCUT2D eigenvalue weighted by atomic mass is 10.1. The van der Waals surface area contributed by atoms with Crippen molar-refractivity contribution >= 4 is 5.91 Å². The van der Waals surface area contributed by atoms with Gasteiger partial charge >= 0.3 is 0 Å². The third-order valence-corrected chi connectivity index (χ3v) is 3.02. The van der Waals surface area contributed by atoms with Gasteiger partial charge in [0.15, 0.2) is 0 Å². The van der Waals surface area contributed by atoms with Crippen LogP contribution in [0.4, 0.5) is 0 Å². The molecule has 1 aromatic rings. The Morgan fingerprint density at radius 2 is 2.30 bits per heavy atom. The number of carbonyl (C=O) groups excluding carboxylic acids is 1. The number of likely N-dealkylation sites (N-methyl/N-ethyl adjacent to an activating group) is 1. The van der Waals surface area contributed by atoms with Gasteiger partial charge in [-0.25, -0.2) is 0 Å². The van der Waals surface area contributed by atoms with Crippen molar-refractivity contribution in [1.29, 1.82) is 0 Å². The quantitative estimate of drug-likeness (QED) is 0.765. The summed E-state index contributed by atoms with van der Waals surface area (Å²) >= 11 is 0. The number of pyridine rings is 1. The topological polar surface area (TPSA) is 71.2 Å². The summed E-state index contributed by atoms with van der Waals surface area (Å²) in [6, 6.07) is 2.13. The molecule has 5 nitrogen and oxygen atoms in total. The second-order valence-electron chi connectivity index (χ2n) is 4.76. The molecule has 0 spiro atoms. The van der Waals surface area contributed by atoms with Gasteiger partial charge in [-0.05, 0) is 27.0 Å². The minimum Gasteiger partial charge on any atom is -0.351 e. The molecule has 0 aliphatic carbocycles. The van der Waals surface area contributed by atoms with Crippen LogP contribution in [0.5, 0.6) is 0 Å². The van der Waals surface area contributed by atoms with Crippen LogP contribution in [0.25, 0.3) is 0 Å². The Morgan fingerprint density at radius 3 is 2.95 bits per heavy atom. The maximum absolute atomic E-state index is 12.1. The number of nitrogens with two attached hydrogens (primary N) is 1. The van der Waals surface area contributed by atoms with Crippen molar-refractivity contribution in [2.75, 3.05) is 26.7 Å². The van der Waals surface area contributed by atoms with Crippen LogP contribution in [0, 0.1) is 11.8 Å². The maximum Gasteiger partial charge on any atom is 0.252 e. The summed E-state index contributed by atoms with van der Waals surface area (Å²) in [4.78, 5) is 18.3. The Hall–Kier alpha value is -1.90. The van der Waals surface area contributed by atoms with Gasteiger partial charge in [0.1, 0.15) is 0 Å². The fraction of sp³-hybridized carbons (Fsp3) is 0.467. The number of hydrogen-bond acceptors (Lipinski definition) is 4. The van der Waals surface area contributed by atoms with Crippen molar-refractivity contribution in [3.8, 4) is 11.8 Å². The molecule has 0 fully saturated rings. The van der Waals surface area contributed by atoms with E-state index in [0.717, 1.165) is 6.54 Å². The normalized spacial score (nSPS) is 10.3. The Morgan fingerprint density at radius 1 is 1.55 bits per heavy atom. The smallest absolute Gasteiger partial charge is 0.252 e. The minimum atomic E-state index is -0.133. The Kier molecular flexibility index (Phi) is 6.71. The first kappa shape index (κ1) is 16.2. The molecule has 1 heterocycles. The molecule has 0 aliphatic rings. The maximum atomic E-state index is 12.1. The van der Waals surface area contributed by atoms with E-state index < -0.39 is 0 Å². The average Bonchev–Trinajstić information content (AvgIpc) is 2.45. The van der Waals surface area contributed by atoms with E-state index in [4.69, 9.17) is 5.73 Å². The third kappa shape index (κ3) is 5.00. The van der Waals surface area contributed by atoms with E-state index in [1.54, 1.807) is 18.5 Å². The van der Waals surface area contributed by atoms with Crippen molar-refractivity contribution in [3.05, 3.63) is 29.6 Å². The molecule has 0 saturated heterocycles. The lowest BCUT2D eigenvalue weighted by Crippen LogP contribution is -2.36. The molecule has 0 aliphatic heterocycles. The average molecular weight is 274 g/mol. The van der Waals surface area contributed by atoms with Gasteiger partial charge in [0.2, 0.25) is 0 Å². The lowest BCUT2D eigenvalue weighted by Gasteiger charge is -2.20. The zero-order valence-corrected chi connectivity index (χ0v) is 12.3. The van der Waals surface area contributed by atoms with Gasteiger partial charge in [-0.3, -0.25) is 9.78 Å². The molecule has 1 aromatic heterocycles. The molecule has 0 radical (unpaired) electrons. The van der Waals surface area contributed by atoms with Crippen molar-refractivity contribution in [3.63, 3.8) is 0 Å². The van der Waals surface area contributed by atoms with Gasteiger partial charge in [-0.1, -0.05) is 11.8 Å². The summed E-state index contributed by atoms with van der Waals surface area (Å²) in [7, 11) is 2.03. The number of amides is 1. The molecule has 20 heavy (non-hydrogen) atoms. The van der Waals surface area contributed by atoms with Crippen molar-refractivity contribution in [1.82, 2.24) is 15.2 Å². The fourth-order valence-electron chi connectivity index (χ4n) is 1.54. The van der Waals surface area contributed by atoms with Gasteiger partial charge in [0, 0.05) is 31.5 Å². The summed E-state index contributed by atoms with van der Waals surface area (Å²) in [5, 5.41) is 2.89. The largest absolute Gasteiger partial charge is 0.351 e. The number of hydrogen-bond donors (Lipinski definition) is 2. The van der Waals surface area contributed by atoms with E-state index in [9.17, 15) is 4.79 Å². The van der Waals surface area contributed by atoms with E-state index >= 15 is 0 Å². The molecule has 1 amide bonds. The van der Waals surface area contributed by atoms with Crippen molar-refractivity contribution in [2.45, 2.75) is 19.9 Å². The number of aromatic nitrogens is 1. The summed E-state index contributed by atoms with van der Waals surface area (Å²) in [5.41, 5.74) is 6.48. The third-order valence-electron chi connectivity index (χ3n) is 3.02. The van der Waals surface area contributed by atoms with Gasteiger partial charge in [0.05, 0.1) is 17.7 Å². The molecule has 0 bridgehead atoms. The molecule has 0 unspecified atom stereocenters. The number of nitrogens with zero attached hydrogens (tertiary/aromatic N) is 2. The zero-order chi connectivity index (χ0) is 15.0. The van der Waals surface area contributed by atoms with Crippen LogP contribution in [-0.2, 0) is 0 Å². The van der Waals surface area contributed by atoms with Gasteiger partial charge in [-0.15, -0.1) is 0 Å². The first-order valence-corrected chi connectivity index (χ1v) is 6.67. The molecular formula is C15H22N4O. The zero-order valence-electron chi connectivity index (χ0n) is 12.3. The van der Waals surface area contributed by atoms with E-state index in [-0.39, 0.29) is 12.5 Å². The standard InChI is InChI=1S/C15H22N4O/c1-12(2)19(3)10-9-18-15(20)14-6-8-17-11-13(14)5-4-7-16/h6,8,11-12H,7,9-10,16H2,1-3H3,(H,18,20). The predicted octanol–water partition coefficient (Wildman–Crippen LogP) is 0.462. The van der Waals surface area contributed by atoms with Crippen molar-refractivity contribution in [2.24, 2.45) is 5.73 Å². The molecule has 1 rings (SSSR count). The van der Waals surface area contributed by atoms with Crippen LogP contribution in [-0.4, -0.2) is 48.5 Å². The Bertz CT molecular complexity index is 502. The lowest BCUT2D eigenvalue weighted by molar-refractivity contribution is 0.0947. The summed E-state index contributed by atoms with van der Waals surface area (Å²) < 4.78 is 0. The molecule has 0 atom stereocenters. The van der Waals surface area contributed by atoms with Crippen LogP contribution >= 0.6 is 0 Å². The van der Waals surface area contributed by atoms with Crippen LogP contribution < -0.4 is 11.1 Å². The van der Waals surface area contributed by atoms with Crippen LogP contribution in [0.2, 0.25) is 0 Å². The molecule has 108 valence electrons. The SMILES string of the molecule is CC(C)N(C)CCNC(=O)c1ccncc1C#CCN. The number of carbonyl (C=O) groups is 1. The summed E-state index contributed by atoms with van der Waals surface area (Å²) in [5.74, 6) is 5.47. The highest BCUT2D eigenvalue weighted by molar-refractivity contribution is 5.96. The van der Waals surface area contributed by atoms with Gasteiger partial charge < -0.3 is 16.0 Å². The summed E-state index contributed by atoms with van der Waals surface area (Å²) in [6.45, 7) is 5.89. The van der Waals surface area contributed by atoms with Crippen LogP contribution in [0.3, 0.4) is 0 Å². The molecule has 3 N–H and O–H groups in total. The second kappa shape index (κ2) is 8.31. The van der Waals surface area contributed by atoms with Crippen LogP contribution in [0.15, 0.2) is 18.5 Å². The Labute approximate surface area is 120 Å². The molecule has 5 heteroatoms. The monoisotopic (exact) mass is 274 g/mol. The van der Waals surface area contributed by atoms with E-state index in [1.807, 2.05) is 7.05 Å². The van der Waals surface area contributed by atoms with Crippen molar-refractivity contribution < 1.29 is 4.79 Å². The highest BCUT2D eigenvalue weighted by atomic mass is 16.1. The highest BCUT2D eigenvalue weighted by Gasteiger charge is 2.10. The molecule has 0 aromatic carbocycles. The molecule has 0 saturated carbocycles. The van der Waals surface area contributed by atoms with E-state index in [0.29, 0.717) is 23.7 Å². The molecular weight excluding hydrogens is 252 g/mol. The van der Waals surface area contributed by atoms with E-state index in [2.05, 4.69) is 40.9 Å². The summed E-state index contributed by atoms with van der Waals surface area (Å²) in [6.07, 6.45) is 3.17. The first-order valence-electron chi connectivity index (χ1n) is 6.67. The Balaban J connectivity index is 2.64. The van der Waals surface area contributed by atoms with Gasteiger partial charge in [-0.2, -0.15) is 0 Å². The van der Waals surface area contributed by atoms with Gasteiger partial charge in [0.25, 0.3) is 5.91 Å². The van der Waals surface area contributed by atoms with E-state index in [1.165, 1.54) is 0 Å². The fourth-order valence-corrected chi connectivity index (χ4v) is 1.54. The number of rotatable bonds is 5. The van der Waals surface area contributed by atoms with Crippen LogP contribution in [0.1, 0.15) is 29.8 Å². The predicted molar refractivity (Wildman–Crippen MR) is 80.3 cm³/mol. The highest BCUT2D eigenvalue weighted by Crippen LogP contribution is 2.05. The minimum absolute atomic E-state index is 0.133. The second-order valence-corrected chi connectivity index (χ2v) is 4.76. The number of nitrogens with one attached hydrogen (secondary N) is 1. The first-order chi connectivity index (χ1) is 9.56.